The van der Waals surface area contributed by atoms with Crippen molar-refractivity contribution in [2.24, 2.45) is 5.73 Å². The van der Waals surface area contributed by atoms with Crippen LogP contribution < -0.4 is 5.73 Å². The molecule has 0 atom stereocenters. The lowest BCUT2D eigenvalue weighted by Crippen LogP contribution is -1.96. The summed E-state index contributed by atoms with van der Waals surface area (Å²) < 4.78 is 0. The molecule has 0 radical (unpaired) electrons. The van der Waals surface area contributed by atoms with Gasteiger partial charge in [-0.15, -0.1) is 0 Å². The predicted molar refractivity (Wildman–Crippen MR) is 37.9 cm³/mol. The average molecular weight is 134 g/mol. The van der Waals surface area contributed by atoms with Crippen LogP contribution in [0.1, 0.15) is 19.8 Å². The minimum atomic E-state index is 0.751. The second-order valence-electron chi connectivity index (χ2n) is 1.72. The Labute approximate surface area is 55.5 Å². The summed E-state index contributed by atoms with van der Waals surface area (Å²) in [6.07, 6.45) is 4.02. The van der Waals surface area contributed by atoms with E-state index in [0.717, 1.165) is 24.4 Å². The first kappa shape index (κ1) is 7.99. The number of allylic oxidation sites excluding steroid dienone is 2. The highest BCUT2D eigenvalue weighted by molar-refractivity contribution is 6.29. The van der Waals surface area contributed by atoms with E-state index in [2.05, 4.69) is 0 Å². The monoisotopic (exact) mass is 133 g/mol. The summed E-state index contributed by atoms with van der Waals surface area (Å²) in [5.74, 6) is 0. The third kappa shape index (κ3) is 5.99. The van der Waals surface area contributed by atoms with Crippen LogP contribution in [-0.2, 0) is 0 Å². The minimum absolute atomic E-state index is 0.751. The normalized spacial score (nSPS) is 12.1. The van der Waals surface area contributed by atoms with Crippen molar-refractivity contribution < 1.29 is 0 Å². The number of rotatable bonds is 3. The molecule has 0 unspecified atom stereocenters. The summed E-state index contributed by atoms with van der Waals surface area (Å²) in [6.45, 7) is 2.62. The molecule has 0 amide bonds. The molecule has 0 bridgehead atoms. The number of unbranched alkanes of at least 4 members (excludes halogenated alkanes) is 1. The van der Waals surface area contributed by atoms with E-state index in [0.29, 0.717) is 0 Å². The zero-order chi connectivity index (χ0) is 6.41. The quantitative estimate of drug-likeness (QED) is 0.585. The van der Waals surface area contributed by atoms with E-state index in [4.69, 9.17) is 17.3 Å². The van der Waals surface area contributed by atoms with Gasteiger partial charge in [0.2, 0.25) is 0 Å². The fourth-order valence-corrected chi connectivity index (χ4v) is 0.528. The van der Waals surface area contributed by atoms with Gasteiger partial charge in [0.05, 0.1) is 0 Å². The van der Waals surface area contributed by atoms with Gasteiger partial charge in [-0.05, 0) is 26.3 Å². The third-order valence-corrected chi connectivity index (χ3v) is 0.988. The van der Waals surface area contributed by atoms with E-state index < -0.39 is 0 Å². The van der Waals surface area contributed by atoms with Gasteiger partial charge in [-0.3, -0.25) is 0 Å². The molecule has 8 heavy (non-hydrogen) atoms. The molecule has 0 fully saturated rings. The fourth-order valence-electron chi connectivity index (χ4n) is 0.419. The van der Waals surface area contributed by atoms with Crippen molar-refractivity contribution in [2.75, 3.05) is 6.54 Å². The van der Waals surface area contributed by atoms with Crippen LogP contribution >= 0.6 is 11.6 Å². The number of hydrogen-bond acceptors (Lipinski definition) is 1. The first-order chi connectivity index (χ1) is 3.77. The molecule has 2 N–H and O–H groups in total. The standard InChI is InChI=1S/C6H12ClN/c1-6(7)4-2-3-5-8/h4H,2-3,5,8H2,1H3. The predicted octanol–water partition coefficient (Wildman–Crippen LogP) is 1.87. The SMILES string of the molecule is CC(Cl)=CCCCN. The van der Waals surface area contributed by atoms with Crippen molar-refractivity contribution in [1.82, 2.24) is 0 Å². The van der Waals surface area contributed by atoms with Gasteiger partial charge in [-0.1, -0.05) is 17.7 Å². The van der Waals surface area contributed by atoms with Gasteiger partial charge in [0.15, 0.2) is 0 Å². The Balaban J connectivity index is 3.03. The molecule has 0 heterocycles. The Morgan fingerprint density at radius 1 is 1.75 bits per heavy atom. The van der Waals surface area contributed by atoms with Crippen LogP contribution in [0.15, 0.2) is 11.1 Å². The molecule has 0 rings (SSSR count). The number of nitrogens with two attached hydrogens (primary N) is 1. The molecular formula is C6H12ClN. The second kappa shape index (κ2) is 5.13. The molecule has 0 saturated carbocycles. The van der Waals surface area contributed by atoms with E-state index >= 15 is 0 Å². The Bertz CT molecular complexity index is 74.6. The summed E-state index contributed by atoms with van der Waals surface area (Å²) >= 11 is 5.53. The van der Waals surface area contributed by atoms with E-state index in [1.807, 2.05) is 13.0 Å². The van der Waals surface area contributed by atoms with Gasteiger partial charge in [0.1, 0.15) is 0 Å². The first-order valence-electron chi connectivity index (χ1n) is 2.79. The van der Waals surface area contributed by atoms with Crippen LogP contribution in [0.2, 0.25) is 0 Å². The lowest BCUT2D eigenvalue weighted by Gasteiger charge is -1.87. The number of hydrogen-bond donors (Lipinski definition) is 1. The Morgan fingerprint density at radius 2 is 2.38 bits per heavy atom. The zero-order valence-corrected chi connectivity index (χ0v) is 5.91. The van der Waals surface area contributed by atoms with Crippen molar-refractivity contribution in [3.8, 4) is 0 Å². The molecule has 0 aromatic heterocycles. The minimum Gasteiger partial charge on any atom is -0.330 e. The van der Waals surface area contributed by atoms with Gasteiger partial charge < -0.3 is 5.73 Å². The molecule has 0 saturated heterocycles. The molecule has 2 heteroatoms. The number of halogens is 1. The van der Waals surface area contributed by atoms with Crippen LogP contribution in [0.3, 0.4) is 0 Å². The summed E-state index contributed by atoms with van der Waals surface area (Å²) in [7, 11) is 0. The van der Waals surface area contributed by atoms with Crippen LogP contribution in [0.5, 0.6) is 0 Å². The van der Waals surface area contributed by atoms with E-state index in [1.165, 1.54) is 0 Å². The average Bonchev–Trinajstić information content (AvgIpc) is 1.66. The molecule has 0 aromatic rings. The molecule has 1 nitrogen and oxygen atoms in total. The summed E-state index contributed by atoms with van der Waals surface area (Å²) in [6, 6.07) is 0. The van der Waals surface area contributed by atoms with Crippen LogP contribution in [-0.4, -0.2) is 6.54 Å². The molecule has 48 valence electrons. The lowest BCUT2D eigenvalue weighted by molar-refractivity contribution is 0.853. The van der Waals surface area contributed by atoms with Crippen LogP contribution in [0.4, 0.5) is 0 Å². The van der Waals surface area contributed by atoms with Crippen LogP contribution in [0.25, 0.3) is 0 Å². The molecule has 0 spiro atoms. The van der Waals surface area contributed by atoms with Gasteiger partial charge >= 0.3 is 0 Å². The Kier molecular flexibility index (Phi) is 5.13. The molecular weight excluding hydrogens is 122 g/mol. The summed E-state index contributed by atoms with van der Waals surface area (Å²) in [5, 5.41) is 0.860. The van der Waals surface area contributed by atoms with Crippen molar-refractivity contribution in [3.63, 3.8) is 0 Å². The zero-order valence-electron chi connectivity index (χ0n) is 5.15. The second-order valence-corrected chi connectivity index (χ2v) is 2.32. The maximum atomic E-state index is 5.53. The topological polar surface area (TPSA) is 26.0 Å². The third-order valence-electron chi connectivity index (χ3n) is 0.834. The van der Waals surface area contributed by atoms with Crippen molar-refractivity contribution in [3.05, 3.63) is 11.1 Å². The molecule has 0 aliphatic heterocycles. The lowest BCUT2D eigenvalue weighted by atomic mass is 10.3. The fraction of sp³-hybridized carbons (Fsp3) is 0.667. The Morgan fingerprint density at radius 3 is 2.75 bits per heavy atom. The largest absolute Gasteiger partial charge is 0.330 e. The Hall–Kier alpha value is -0.0100. The van der Waals surface area contributed by atoms with E-state index in [9.17, 15) is 0 Å². The van der Waals surface area contributed by atoms with Gasteiger partial charge in [0.25, 0.3) is 0 Å². The smallest absolute Gasteiger partial charge is 0.0110 e. The van der Waals surface area contributed by atoms with Crippen molar-refractivity contribution >= 4 is 11.6 Å². The van der Waals surface area contributed by atoms with Crippen LogP contribution in [0, 0.1) is 0 Å². The molecule has 0 aromatic carbocycles. The maximum Gasteiger partial charge on any atom is 0.0110 e. The summed E-state index contributed by atoms with van der Waals surface area (Å²) in [5.41, 5.74) is 5.24. The maximum absolute atomic E-state index is 5.53. The van der Waals surface area contributed by atoms with E-state index in [-0.39, 0.29) is 0 Å². The highest BCUT2D eigenvalue weighted by Crippen LogP contribution is 2.00. The van der Waals surface area contributed by atoms with Gasteiger partial charge in [-0.2, -0.15) is 0 Å². The van der Waals surface area contributed by atoms with Crippen molar-refractivity contribution in [1.29, 1.82) is 0 Å². The summed E-state index contributed by atoms with van der Waals surface area (Å²) in [4.78, 5) is 0. The first-order valence-corrected chi connectivity index (χ1v) is 3.17. The van der Waals surface area contributed by atoms with Crippen molar-refractivity contribution in [2.45, 2.75) is 19.8 Å². The van der Waals surface area contributed by atoms with Gasteiger partial charge in [-0.25, -0.2) is 0 Å². The van der Waals surface area contributed by atoms with E-state index in [1.54, 1.807) is 0 Å². The highest BCUT2D eigenvalue weighted by Gasteiger charge is 1.79. The highest BCUT2D eigenvalue weighted by atomic mass is 35.5. The molecule has 0 aliphatic carbocycles. The van der Waals surface area contributed by atoms with Gasteiger partial charge in [0, 0.05) is 5.03 Å². The molecule has 0 aliphatic rings.